The van der Waals surface area contributed by atoms with Crippen LogP contribution in [0.2, 0.25) is 0 Å². The summed E-state index contributed by atoms with van der Waals surface area (Å²) < 4.78 is 14.8. The van der Waals surface area contributed by atoms with E-state index in [0.717, 1.165) is 31.2 Å². The number of allylic oxidation sites excluding steroid dienone is 4. The third kappa shape index (κ3) is 3.01. The van der Waals surface area contributed by atoms with Gasteiger partial charge in [0.1, 0.15) is 17.2 Å². The first-order chi connectivity index (χ1) is 15.3. The molecule has 0 amide bonds. The van der Waals surface area contributed by atoms with Crippen molar-refractivity contribution in [3.8, 4) is 11.8 Å². The van der Waals surface area contributed by atoms with Crippen LogP contribution >= 0.6 is 0 Å². The van der Waals surface area contributed by atoms with Gasteiger partial charge in [0.2, 0.25) is 0 Å². The molecule has 0 aliphatic heterocycles. The summed E-state index contributed by atoms with van der Waals surface area (Å²) in [7, 11) is 1.73. The van der Waals surface area contributed by atoms with Gasteiger partial charge in [-0.05, 0) is 79.7 Å². The van der Waals surface area contributed by atoms with Crippen molar-refractivity contribution in [1.29, 1.82) is 0 Å². The first-order valence-corrected chi connectivity index (χ1v) is 11.9. The quantitative estimate of drug-likeness (QED) is 0.604. The molecule has 5 atom stereocenters. The van der Waals surface area contributed by atoms with Crippen LogP contribution in [0.3, 0.4) is 0 Å². The van der Waals surface area contributed by atoms with Crippen LogP contribution in [0, 0.1) is 34.9 Å². The molecular formula is C28H32FNO2. The zero-order valence-electron chi connectivity index (χ0n) is 19.2. The summed E-state index contributed by atoms with van der Waals surface area (Å²) in [5.74, 6) is 6.88. The highest BCUT2D eigenvalue weighted by Gasteiger charge is 2.62. The summed E-state index contributed by atoms with van der Waals surface area (Å²) in [6.45, 7) is 3.99. The fourth-order valence-electron chi connectivity index (χ4n) is 7.26. The van der Waals surface area contributed by atoms with Crippen LogP contribution in [-0.2, 0) is 4.79 Å². The number of hydrogen-bond acceptors (Lipinski definition) is 3. The topological polar surface area (TPSA) is 49.3 Å². The molecule has 0 bridgehead atoms. The van der Waals surface area contributed by atoms with Crippen molar-refractivity contribution in [3.05, 3.63) is 52.4 Å². The summed E-state index contributed by atoms with van der Waals surface area (Å²) in [5.41, 5.74) is 4.01. The predicted octanol–water partition coefficient (Wildman–Crippen LogP) is 5.52. The van der Waals surface area contributed by atoms with Crippen LogP contribution < -0.4 is 5.32 Å². The number of nitrogens with one attached hydrogen (secondary N) is 1. The van der Waals surface area contributed by atoms with Crippen molar-refractivity contribution in [2.24, 2.45) is 17.3 Å². The van der Waals surface area contributed by atoms with E-state index in [-0.39, 0.29) is 17.2 Å². The molecule has 32 heavy (non-hydrogen) atoms. The maximum Gasteiger partial charge on any atom is 0.146 e. The maximum atomic E-state index is 14.8. The van der Waals surface area contributed by atoms with E-state index in [2.05, 4.69) is 30.2 Å². The number of fused-ring (bicyclic) bond motifs is 4. The Morgan fingerprint density at radius 3 is 2.81 bits per heavy atom. The monoisotopic (exact) mass is 433 g/mol. The Bertz CT molecular complexity index is 1110. The van der Waals surface area contributed by atoms with Crippen molar-refractivity contribution in [2.75, 3.05) is 12.4 Å². The number of anilines is 1. The molecule has 5 rings (SSSR count). The second-order valence-corrected chi connectivity index (χ2v) is 10.3. The molecule has 0 radical (unpaired) electrons. The molecule has 1 aromatic rings. The van der Waals surface area contributed by atoms with Gasteiger partial charge >= 0.3 is 0 Å². The lowest BCUT2D eigenvalue weighted by Gasteiger charge is -2.53. The molecular weight excluding hydrogens is 401 g/mol. The van der Waals surface area contributed by atoms with Crippen LogP contribution in [0.25, 0.3) is 0 Å². The van der Waals surface area contributed by atoms with Gasteiger partial charge in [0.05, 0.1) is 5.69 Å². The first-order valence-electron chi connectivity index (χ1n) is 11.9. The number of benzene rings is 1. The van der Waals surface area contributed by atoms with Crippen LogP contribution in [-0.4, -0.2) is 23.5 Å². The van der Waals surface area contributed by atoms with E-state index in [0.29, 0.717) is 42.6 Å². The van der Waals surface area contributed by atoms with Crippen molar-refractivity contribution < 1.29 is 14.3 Å². The van der Waals surface area contributed by atoms with Gasteiger partial charge in [0.25, 0.3) is 0 Å². The van der Waals surface area contributed by atoms with E-state index in [1.165, 1.54) is 16.7 Å². The predicted molar refractivity (Wildman–Crippen MR) is 125 cm³/mol. The second kappa shape index (κ2) is 7.59. The van der Waals surface area contributed by atoms with Gasteiger partial charge in [-0.2, -0.15) is 0 Å². The Morgan fingerprint density at radius 2 is 2.09 bits per heavy atom. The first kappa shape index (κ1) is 21.5. The number of Topliss-reactive ketones (excluding diaryl/α,β-unsaturated/α-hetero) is 1. The molecule has 0 aromatic heterocycles. The zero-order chi connectivity index (χ0) is 22.7. The minimum atomic E-state index is -1.02. The smallest absolute Gasteiger partial charge is 0.146 e. The highest BCUT2D eigenvalue weighted by Crippen LogP contribution is 2.66. The summed E-state index contributed by atoms with van der Waals surface area (Å²) in [6.07, 6.45) is 7.45. The lowest BCUT2D eigenvalue weighted by Crippen LogP contribution is -2.50. The number of carbonyl (C=O) groups is 1. The van der Waals surface area contributed by atoms with E-state index in [1.807, 2.05) is 12.1 Å². The number of halogens is 1. The number of hydrogen-bond donors (Lipinski definition) is 2. The number of carbonyl (C=O) groups excluding carboxylic acids is 1. The Hall–Kier alpha value is -2.38. The summed E-state index contributed by atoms with van der Waals surface area (Å²) >= 11 is 0. The largest absolute Gasteiger partial charge is 0.386 e. The third-order valence-corrected chi connectivity index (χ3v) is 8.86. The fraction of sp³-hybridized carbons (Fsp3) is 0.536. The van der Waals surface area contributed by atoms with E-state index >= 15 is 0 Å². The van der Waals surface area contributed by atoms with Crippen molar-refractivity contribution >= 4 is 11.5 Å². The van der Waals surface area contributed by atoms with Crippen LogP contribution in [0.4, 0.5) is 10.1 Å². The standard InChI is InChI=1S/C28H32FNO2/c1-4-12-28(32)13-11-23-21-8-5-17-14-19(31)7-9-20(17)26(21)22(16-27(23,28)2)18-6-10-25(30-3)24(29)15-18/h5-6,10,15,21-23,30,32H,7-9,11,13-14,16H2,1-3H3/t21-,22+,23-,27-,28-/m0/s1. The van der Waals surface area contributed by atoms with Gasteiger partial charge in [-0.3, -0.25) is 4.79 Å². The van der Waals surface area contributed by atoms with E-state index in [1.54, 1.807) is 20.0 Å². The summed E-state index contributed by atoms with van der Waals surface area (Å²) in [4.78, 5) is 12.2. The SMILES string of the molecule is CC#C[C@]1(O)CC[C@H]2[C@@H]3CC=C4CC(=O)CCC4=C3[C@@H](c3ccc(NC)c(F)c3)C[C@@]21C. The number of aliphatic hydroxyl groups is 1. The number of ketones is 1. The van der Waals surface area contributed by atoms with Crippen molar-refractivity contribution in [2.45, 2.75) is 70.3 Å². The molecule has 0 saturated heterocycles. The minimum Gasteiger partial charge on any atom is -0.386 e. The van der Waals surface area contributed by atoms with Gasteiger partial charge in [-0.1, -0.05) is 30.6 Å². The lowest BCUT2D eigenvalue weighted by atomic mass is 9.51. The zero-order valence-corrected chi connectivity index (χ0v) is 19.2. The third-order valence-electron chi connectivity index (χ3n) is 8.86. The molecule has 4 heteroatoms. The van der Waals surface area contributed by atoms with Crippen LogP contribution in [0.1, 0.15) is 70.3 Å². The molecule has 3 fully saturated rings. The Balaban J connectivity index is 1.68. The average Bonchev–Trinajstić information content (AvgIpc) is 3.03. The van der Waals surface area contributed by atoms with Gasteiger partial charge in [-0.15, -0.1) is 5.92 Å². The van der Waals surface area contributed by atoms with Crippen molar-refractivity contribution in [1.82, 2.24) is 0 Å². The normalized spacial score (nSPS) is 35.8. The molecule has 3 saturated carbocycles. The molecule has 168 valence electrons. The summed E-state index contributed by atoms with van der Waals surface area (Å²) in [5, 5.41) is 14.6. The minimum absolute atomic E-state index is 0.0249. The van der Waals surface area contributed by atoms with Gasteiger partial charge in [0, 0.05) is 31.2 Å². The molecule has 2 N–H and O–H groups in total. The van der Waals surface area contributed by atoms with E-state index in [9.17, 15) is 14.3 Å². The number of rotatable bonds is 2. The Kier molecular flexibility index (Phi) is 5.09. The Labute approximate surface area is 190 Å². The molecule has 3 nitrogen and oxygen atoms in total. The lowest BCUT2D eigenvalue weighted by molar-refractivity contribution is -0.118. The maximum absolute atomic E-state index is 14.8. The molecule has 0 spiro atoms. The summed E-state index contributed by atoms with van der Waals surface area (Å²) in [6, 6.07) is 5.51. The van der Waals surface area contributed by atoms with Crippen molar-refractivity contribution in [3.63, 3.8) is 0 Å². The van der Waals surface area contributed by atoms with Gasteiger partial charge < -0.3 is 10.4 Å². The molecule has 1 aromatic carbocycles. The second-order valence-electron chi connectivity index (χ2n) is 10.3. The molecule has 0 unspecified atom stereocenters. The molecule has 4 aliphatic rings. The van der Waals surface area contributed by atoms with Crippen LogP contribution in [0.5, 0.6) is 0 Å². The molecule has 4 aliphatic carbocycles. The molecule has 0 heterocycles. The van der Waals surface area contributed by atoms with Gasteiger partial charge in [-0.25, -0.2) is 4.39 Å². The van der Waals surface area contributed by atoms with E-state index in [4.69, 9.17) is 0 Å². The highest BCUT2D eigenvalue weighted by molar-refractivity contribution is 5.84. The Morgan fingerprint density at radius 1 is 1.28 bits per heavy atom. The van der Waals surface area contributed by atoms with E-state index < -0.39 is 5.60 Å². The van der Waals surface area contributed by atoms with Gasteiger partial charge in [0.15, 0.2) is 0 Å². The average molecular weight is 434 g/mol. The highest BCUT2D eigenvalue weighted by atomic mass is 19.1. The van der Waals surface area contributed by atoms with Crippen LogP contribution in [0.15, 0.2) is 41.0 Å². The fourth-order valence-corrected chi connectivity index (χ4v) is 7.26.